The van der Waals surface area contributed by atoms with Crippen molar-refractivity contribution in [1.82, 2.24) is 0 Å². The van der Waals surface area contributed by atoms with Crippen molar-refractivity contribution in [3.05, 3.63) is 23.3 Å². The van der Waals surface area contributed by atoms with Crippen LogP contribution < -0.4 is 5.32 Å². The molecule has 1 N–H and O–H groups in total. The van der Waals surface area contributed by atoms with Gasteiger partial charge in [0, 0.05) is 0 Å². The molecule has 0 bridgehead atoms. The van der Waals surface area contributed by atoms with Crippen molar-refractivity contribution in [3.63, 3.8) is 0 Å². The summed E-state index contributed by atoms with van der Waals surface area (Å²) in [4.78, 5) is 0.356. The van der Waals surface area contributed by atoms with Gasteiger partial charge in [-0.15, -0.1) is 0 Å². The van der Waals surface area contributed by atoms with E-state index in [1.165, 1.54) is 0 Å². The van der Waals surface area contributed by atoms with Crippen LogP contribution in [0.25, 0.3) is 0 Å². The minimum Gasteiger partial charge on any atom is -0.379 e. The minimum atomic E-state index is -3.27. The Balaban J connectivity index is 2.54. The molecule has 0 aromatic heterocycles. The van der Waals surface area contributed by atoms with Gasteiger partial charge in [0.15, 0.2) is 9.84 Å². The van der Waals surface area contributed by atoms with E-state index in [1.807, 2.05) is 26.0 Å². The molecule has 2 rings (SSSR count). The Hall–Kier alpha value is -1.54. The molecule has 90 valence electrons. The second-order valence-electron chi connectivity index (χ2n) is 4.42. The van der Waals surface area contributed by atoms with E-state index < -0.39 is 9.84 Å². The molecule has 0 saturated carbocycles. The molecule has 1 aliphatic heterocycles. The van der Waals surface area contributed by atoms with Crippen LogP contribution in [0.3, 0.4) is 0 Å². The lowest BCUT2D eigenvalue weighted by molar-refractivity contribution is 0.586. The maximum absolute atomic E-state index is 12.1. The van der Waals surface area contributed by atoms with Crippen LogP contribution in [0.1, 0.15) is 17.5 Å². The van der Waals surface area contributed by atoms with Crippen molar-refractivity contribution in [2.24, 2.45) is 0 Å². The fraction of sp³-hybridized carbons (Fsp3) is 0.417. The number of nitrogens with zero attached hydrogens (tertiary/aromatic N) is 1. The number of aryl methyl sites for hydroxylation is 2. The van der Waals surface area contributed by atoms with Gasteiger partial charge < -0.3 is 5.32 Å². The van der Waals surface area contributed by atoms with Crippen LogP contribution in [0.5, 0.6) is 0 Å². The van der Waals surface area contributed by atoms with E-state index >= 15 is 0 Å². The van der Waals surface area contributed by atoms with E-state index in [2.05, 4.69) is 5.32 Å². The maximum Gasteiger partial charge on any atom is 0.182 e. The van der Waals surface area contributed by atoms with E-state index in [1.54, 1.807) is 6.07 Å². The molecule has 1 unspecified atom stereocenters. The molecule has 17 heavy (non-hydrogen) atoms. The fourth-order valence-electron chi connectivity index (χ4n) is 2.00. The first-order valence-corrected chi connectivity index (χ1v) is 7.07. The summed E-state index contributed by atoms with van der Waals surface area (Å²) in [6, 6.07) is 5.24. The molecule has 0 spiro atoms. The lowest BCUT2D eigenvalue weighted by Crippen LogP contribution is -2.34. The van der Waals surface area contributed by atoms with Crippen LogP contribution in [-0.2, 0) is 9.84 Å². The largest absolute Gasteiger partial charge is 0.379 e. The molecule has 0 saturated heterocycles. The molecule has 1 aromatic carbocycles. The number of anilines is 1. The average molecular weight is 250 g/mol. The van der Waals surface area contributed by atoms with Crippen molar-refractivity contribution in [1.29, 1.82) is 5.26 Å². The third-order valence-electron chi connectivity index (χ3n) is 3.05. The van der Waals surface area contributed by atoms with Crippen LogP contribution in [0.2, 0.25) is 0 Å². The fourth-order valence-corrected chi connectivity index (χ4v) is 3.72. The second kappa shape index (κ2) is 4.04. The monoisotopic (exact) mass is 250 g/mol. The first-order valence-electron chi connectivity index (χ1n) is 5.41. The van der Waals surface area contributed by atoms with Gasteiger partial charge in [0.05, 0.1) is 34.9 Å². The van der Waals surface area contributed by atoms with Crippen molar-refractivity contribution >= 4 is 15.5 Å². The highest BCUT2D eigenvalue weighted by molar-refractivity contribution is 7.91. The minimum absolute atomic E-state index is 0.00391. The summed E-state index contributed by atoms with van der Waals surface area (Å²) in [6.07, 6.45) is 0.200. The third-order valence-corrected chi connectivity index (χ3v) is 4.90. The van der Waals surface area contributed by atoms with Crippen molar-refractivity contribution in [2.75, 3.05) is 11.1 Å². The summed E-state index contributed by atoms with van der Waals surface area (Å²) < 4.78 is 24.1. The number of hydrogen-bond donors (Lipinski definition) is 1. The van der Waals surface area contributed by atoms with E-state index in [-0.39, 0.29) is 18.2 Å². The SMILES string of the molecule is Cc1cc2c(cc1C)S(=O)(=O)CC(CC#N)N2. The molecule has 4 nitrogen and oxygen atoms in total. The zero-order chi connectivity index (χ0) is 12.6. The Morgan fingerprint density at radius 2 is 2.06 bits per heavy atom. The first kappa shape index (κ1) is 11.9. The lowest BCUT2D eigenvalue weighted by Gasteiger charge is -2.26. The Morgan fingerprint density at radius 3 is 2.71 bits per heavy atom. The van der Waals surface area contributed by atoms with Gasteiger partial charge in [-0.3, -0.25) is 0 Å². The highest BCUT2D eigenvalue weighted by Gasteiger charge is 2.30. The third kappa shape index (κ3) is 2.13. The van der Waals surface area contributed by atoms with Gasteiger partial charge in [-0.1, -0.05) is 0 Å². The number of rotatable bonds is 1. The molecule has 0 radical (unpaired) electrons. The Kier molecular flexibility index (Phi) is 2.84. The molecule has 0 aliphatic carbocycles. The normalized spacial score (nSPS) is 21.1. The number of sulfone groups is 1. The van der Waals surface area contributed by atoms with Crippen LogP contribution in [-0.4, -0.2) is 20.2 Å². The smallest absolute Gasteiger partial charge is 0.182 e. The van der Waals surface area contributed by atoms with Gasteiger partial charge in [0.2, 0.25) is 0 Å². The van der Waals surface area contributed by atoms with Gasteiger partial charge in [0.25, 0.3) is 0 Å². The van der Waals surface area contributed by atoms with E-state index in [4.69, 9.17) is 5.26 Å². The number of hydrogen-bond acceptors (Lipinski definition) is 4. The van der Waals surface area contributed by atoms with E-state index in [0.29, 0.717) is 10.6 Å². The zero-order valence-electron chi connectivity index (χ0n) is 9.82. The van der Waals surface area contributed by atoms with Crippen LogP contribution in [0.4, 0.5) is 5.69 Å². The van der Waals surface area contributed by atoms with Crippen LogP contribution in [0.15, 0.2) is 17.0 Å². The molecule has 0 amide bonds. The molecule has 5 heteroatoms. The number of nitriles is 1. The average Bonchev–Trinajstić information content (AvgIpc) is 2.21. The standard InChI is InChI=1S/C12H14N2O2S/c1-8-5-11-12(6-9(8)2)17(15,16)7-10(14-11)3-4-13/h5-6,10,14H,3,7H2,1-2H3. The van der Waals surface area contributed by atoms with Crippen molar-refractivity contribution in [3.8, 4) is 6.07 Å². The topological polar surface area (TPSA) is 70.0 Å². The maximum atomic E-state index is 12.1. The van der Waals surface area contributed by atoms with Crippen LogP contribution >= 0.6 is 0 Å². The molecular formula is C12H14N2O2S. The van der Waals surface area contributed by atoms with Gasteiger partial charge >= 0.3 is 0 Å². The van der Waals surface area contributed by atoms with Crippen LogP contribution in [0, 0.1) is 25.2 Å². The van der Waals surface area contributed by atoms with Gasteiger partial charge in [-0.05, 0) is 37.1 Å². The predicted octanol–water partition coefficient (Wildman–Crippen LogP) is 1.78. The molecule has 1 atom stereocenters. The molecule has 1 aliphatic rings. The Labute approximate surface area is 101 Å². The summed E-state index contributed by atoms with van der Waals surface area (Å²) in [5, 5.41) is 11.8. The predicted molar refractivity (Wildman–Crippen MR) is 65.6 cm³/mol. The van der Waals surface area contributed by atoms with E-state index in [9.17, 15) is 8.42 Å². The molecular weight excluding hydrogens is 236 g/mol. The summed E-state index contributed by atoms with van der Waals surface area (Å²) >= 11 is 0. The van der Waals surface area contributed by atoms with Gasteiger partial charge in [0.1, 0.15) is 0 Å². The summed E-state index contributed by atoms with van der Waals surface area (Å²) in [7, 11) is -3.27. The van der Waals surface area contributed by atoms with Crippen molar-refractivity contribution in [2.45, 2.75) is 31.2 Å². The highest BCUT2D eigenvalue weighted by Crippen LogP contribution is 2.31. The molecule has 1 aromatic rings. The Bertz CT molecular complexity index is 600. The first-order chi connectivity index (χ1) is 7.94. The number of benzene rings is 1. The summed E-state index contributed by atoms with van der Waals surface area (Å²) in [5.74, 6) is -0.00391. The van der Waals surface area contributed by atoms with E-state index in [0.717, 1.165) is 11.1 Å². The van der Waals surface area contributed by atoms with Crippen molar-refractivity contribution < 1.29 is 8.42 Å². The van der Waals surface area contributed by atoms with Gasteiger partial charge in [-0.25, -0.2) is 8.42 Å². The number of fused-ring (bicyclic) bond motifs is 1. The quantitative estimate of drug-likeness (QED) is 0.825. The molecule has 0 fully saturated rings. The second-order valence-corrected chi connectivity index (χ2v) is 6.42. The zero-order valence-corrected chi connectivity index (χ0v) is 10.6. The number of nitrogens with one attached hydrogen (secondary N) is 1. The summed E-state index contributed by atoms with van der Waals surface area (Å²) in [6.45, 7) is 3.84. The highest BCUT2D eigenvalue weighted by atomic mass is 32.2. The Morgan fingerprint density at radius 1 is 1.41 bits per heavy atom. The summed E-state index contributed by atoms with van der Waals surface area (Å²) in [5.41, 5.74) is 2.64. The lowest BCUT2D eigenvalue weighted by atomic mass is 10.1. The molecule has 1 heterocycles. The van der Waals surface area contributed by atoms with Gasteiger partial charge in [-0.2, -0.15) is 5.26 Å².